The van der Waals surface area contributed by atoms with E-state index in [0.29, 0.717) is 19.8 Å². The van der Waals surface area contributed by atoms with Crippen molar-refractivity contribution in [3.63, 3.8) is 0 Å². The van der Waals surface area contributed by atoms with Crippen LogP contribution >= 0.6 is 0 Å². The van der Waals surface area contributed by atoms with Gasteiger partial charge in [0.1, 0.15) is 25.6 Å². The lowest BCUT2D eigenvalue weighted by atomic mass is 9.89. The van der Waals surface area contributed by atoms with E-state index in [1.165, 1.54) is 22.1 Å². The van der Waals surface area contributed by atoms with Crippen LogP contribution in [0.5, 0.6) is 17.2 Å². The molecule has 7 rings (SSSR count). The lowest BCUT2D eigenvalue weighted by molar-refractivity contribution is 0.254. The Kier molecular flexibility index (Phi) is 8.28. The van der Waals surface area contributed by atoms with E-state index in [4.69, 9.17) is 14.2 Å². The van der Waals surface area contributed by atoms with Crippen LogP contribution < -0.4 is 19.5 Å². The Balaban J connectivity index is 1.14. The molecule has 0 bridgehead atoms. The highest BCUT2D eigenvalue weighted by atomic mass is 16.5. The van der Waals surface area contributed by atoms with Crippen molar-refractivity contribution < 1.29 is 14.2 Å². The molecule has 1 atom stereocenters. The summed E-state index contributed by atoms with van der Waals surface area (Å²) in [7, 11) is 0. The van der Waals surface area contributed by atoms with Gasteiger partial charge >= 0.3 is 0 Å². The van der Waals surface area contributed by atoms with Crippen LogP contribution in [0.15, 0.2) is 128 Å². The molecular weight excluding hydrogens is 544 g/mol. The van der Waals surface area contributed by atoms with Gasteiger partial charge in [0.2, 0.25) is 0 Å². The largest absolute Gasteiger partial charge is 0.489 e. The smallest absolute Gasteiger partial charge is 0.162 e. The number of benzene rings is 5. The number of rotatable bonds is 11. The summed E-state index contributed by atoms with van der Waals surface area (Å²) in [5.41, 5.74) is 8.34. The second-order valence-corrected chi connectivity index (χ2v) is 11.3. The second-order valence-electron chi connectivity index (χ2n) is 11.3. The Bertz CT molecular complexity index is 1820. The first kappa shape index (κ1) is 27.8. The summed E-state index contributed by atoms with van der Waals surface area (Å²) in [5, 5.41) is 4.96. The molecule has 1 aliphatic heterocycles. The van der Waals surface area contributed by atoms with Crippen molar-refractivity contribution in [3.05, 3.63) is 161 Å². The maximum absolute atomic E-state index is 6.44. The van der Waals surface area contributed by atoms with Gasteiger partial charge in [-0.3, -0.25) is 0 Å². The maximum Gasteiger partial charge on any atom is 0.162 e. The van der Waals surface area contributed by atoms with E-state index in [2.05, 4.69) is 77.2 Å². The van der Waals surface area contributed by atoms with Crippen LogP contribution in [-0.4, -0.2) is 11.5 Å². The first-order valence-electron chi connectivity index (χ1n) is 15.3. The van der Waals surface area contributed by atoms with Crippen molar-refractivity contribution in [2.75, 3.05) is 6.54 Å². The molecule has 0 saturated carbocycles. The average molecular weight is 581 g/mol. The van der Waals surface area contributed by atoms with E-state index >= 15 is 0 Å². The third-order valence-electron chi connectivity index (χ3n) is 8.25. The van der Waals surface area contributed by atoms with Crippen LogP contribution in [0, 0.1) is 0 Å². The van der Waals surface area contributed by atoms with Crippen LogP contribution in [0.2, 0.25) is 0 Å². The standard InChI is InChI=1S/C39H36N2O3/c1-4-10-28(11-5-1)25-42-33-16-17-36-34(22-33)32(24-41-36)20-37-35-23-39(44-27-30-14-8-3-9-15-30)38(21-31(35)18-19-40-37)43-26-29-12-6-2-7-13-29/h1-17,21-24,37,40-41H,18-20,25-27H2. The maximum atomic E-state index is 6.44. The Morgan fingerprint density at radius 3 is 1.84 bits per heavy atom. The normalized spacial score (nSPS) is 14.2. The summed E-state index contributed by atoms with van der Waals surface area (Å²) in [4.78, 5) is 3.47. The van der Waals surface area contributed by atoms with Crippen LogP contribution in [0.25, 0.3) is 10.9 Å². The fraction of sp³-hybridized carbons (Fsp3) is 0.179. The van der Waals surface area contributed by atoms with Gasteiger partial charge in [-0.15, -0.1) is 0 Å². The van der Waals surface area contributed by atoms with Crippen molar-refractivity contribution in [2.45, 2.75) is 38.7 Å². The van der Waals surface area contributed by atoms with Crippen molar-refractivity contribution in [1.29, 1.82) is 0 Å². The topological polar surface area (TPSA) is 55.5 Å². The monoisotopic (exact) mass is 580 g/mol. The molecule has 1 unspecified atom stereocenters. The molecule has 0 radical (unpaired) electrons. The first-order valence-corrected chi connectivity index (χ1v) is 15.3. The molecule has 5 nitrogen and oxygen atoms in total. The number of aromatic nitrogens is 1. The molecule has 0 saturated heterocycles. The highest BCUT2D eigenvalue weighted by Crippen LogP contribution is 2.38. The fourth-order valence-corrected chi connectivity index (χ4v) is 5.91. The van der Waals surface area contributed by atoms with E-state index in [0.717, 1.165) is 58.8 Å². The van der Waals surface area contributed by atoms with Crippen molar-refractivity contribution in [2.24, 2.45) is 0 Å². The molecule has 220 valence electrons. The number of H-pyrrole nitrogens is 1. The summed E-state index contributed by atoms with van der Waals surface area (Å²) in [5.74, 6) is 2.43. The van der Waals surface area contributed by atoms with Crippen molar-refractivity contribution in [3.8, 4) is 17.2 Å². The number of aromatic amines is 1. The van der Waals surface area contributed by atoms with Crippen LogP contribution in [0.3, 0.4) is 0 Å². The summed E-state index contributed by atoms with van der Waals surface area (Å²) in [6.07, 6.45) is 3.92. The minimum atomic E-state index is 0.147. The Morgan fingerprint density at radius 2 is 1.20 bits per heavy atom. The van der Waals surface area contributed by atoms with Gasteiger partial charge in [-0.05, 0) is 83.1 Å². The predicted octanol–water partition coefficient (Wildman–Crippen LogP) is 8.33. The van der Waals surface area contributed by atoms with Crippen LogP contribution in [0.1, 0.15) is 39.4 Å². The molecule has 6 aromatic rings. The summed E-state index contributed by atoms with van der Waals surface area (Å²) in [6.45, 7) is 2.43. The van der Waals surface area contributed by atoms with Crippen molar-refractivity contribution >= 4 is 10.9 Å². The summed E-state index contributed by atoms with van der Waals surface area (Å²) >= 11 is 0. The highest BCUT2D eigenvalue weighted by Gasteiger charge is 2.24. The van der Waals surface area contributed by atoms with E-state index in [1.807, 2.05) is 60.7 Å². The summed E-state index contributed by atoms with van der Waals surface area (Å²) < 4.78 is 19.0. The van der Waals surface area contributed by atoms with Gasteiger partial charge in [-0.2, -0.15) is 0 Å². The molecule has 2 N–H and O–H groups in total. The SMILES string of the molecule is c1ccc(COc2ccc3[nH]cc(CC4NCCc5cc(OCc6ccccc6)c(OCc6ccccc6)cc54)c3c2)cc1. The van der Waals surface area contributed by atoms with Crippen molar-refractivity contribution in [1.82, 2.24) is 10.3 Å². The molecule has 0 aliphatic carbocycles. The van der Waals surface area contributed by atoms with E-state index in [9.17, 15) is 0 Å². The zero-order chi connectivity index (χ0) is 29.6. The van der Waals surface area contributed by atoms with E-state index in [1.54, 1.807) is 0 Å². The van der Waals surface area contributed by atoms with E-state index < -0.39 is 0 Å². The quantitative estimate of drug-likeness (QED) is 0.162. The van der Waals surface area contributed by atoms with Crippen LogP contribution in [0.4, 0.5) is 0 Å². The molecule has 5 aromatic carbocycles. The molecule has 1 aromatic heterocycles. The van der Waals surface area contributed by atoms with Gasteiger partial charge < -0.3 is 24.5 Å². The van der Waals surface area contributed by atoms with Gasteiger partial charge in [0.25, 0.3) is 0 Å². The lowest BCUT2D eigenvalue weighted by Gasteiger charge is -2.28. The van der Waals surface area contributed by atoms with Crippen LogP contribution in [-0.2, 0) is 32.7 Å². The Labute approximate surface area is 258 Å². The molecule has 5 heteroatoms. The number of nitrogens with one attached hydrogen (secondary N) is 2. The molecule has 0 fully saturated rings. The molecule has 1 aliphatic rings. The number of fused-ring (bicyclic) bond motifs is 2. The molecule has 2 heterocycles. The second kappa shape index (κ2) is 13.1. The number of hydrogen-bond acceptors (Lipinski definition) is 4. The molecule has 44 heavy (non-hydrogen) atoms. The Morgan fingerprint density at radius 1 is 0.614 bits per heavy atom. The van der Waals surface area contributed by atoms with Gasteiger partial charge in [0.15, 0.2) is 11.5 Å². The minimum Gasteiger partial charge on any atom is -0.489 e. The number of hydrogen-bond donors (Lipinski definition) is 2. The fourth-order valence-electron chi connectivity index (χ4n) is 5.91. The minimum absolute atomic E-state index is 0.147. The predicted molar refractivity (Wildman–Crippen MR) is 175 cm³/mol. The first-order chi connectivity index (χ1) is 21.8. The lowest BCUT2D eigenvalue weighted by Crippen LogP contribution is -2.31. The van der Waals surface area contributed by atoms with Gasteiger partial charge in [-0.1, -0.05) is 91.0 Å². The summed E-state index contributed by atoms with van der Waals surface area (Å²) in [6, 6.07) is 41.6. The van der Waals surface area contributed by atoms with Gasteiger partial charge in [0, 0.05) is 23.1 Å². The molecule has 0 spiro atoms. The molecule has 0 amide bonds. The third-order valence-corrected chi connectivity index (χ3v) is 8.25. The zero-order valence-electron chi connectivity index (χ0n) is 24.7. The van der Waals surface area contributed by atoms with Gasteiger partial charge in [-0.25, -0.2) is 0 Å². The molecular formula is C39H36N2O3. The highest BCUT2D eigenvalue weighted by molar-refractivity contribution is 5.84. The number of ether oxygens (including phenoxy) is 3. The average Bonchev–Trinajstić information content (AvgIpc) is 3.48. The van der Waals surface area contributed by atoms with Gasteiger partial charge in [0.05, 0.1) is 0 Å². The zero-order valence-corrected chi connectivity index (χ0v) is 24.7. The third kappa shape index (κ3) is 6.48. The Hall–Kier alpha value is -5.00. The van der Waals surface area contributed by atoms with E-state index in [-0.39, 0.29) is 6.04 Å².